The predicted octanol–water partition coefficient (Wildman–Crippen LogP) is 3.08. The highest BCUT2D eigenvalue weighted by Crippen LogP contribution is 2.33. The van der Waals surface area contributed by atoms with E-state index in [4.69, 9.17) is 26.8 Å². The molecule has 0 radical (unpaired) electrons. The van der Waals surface area contributed by atoms with Crippen LogP contribution in [0.5, 0.6) is 5.75 Å². The molecule has 30 heavy (non-hydrogen) atoms. The van der Waals surface area contributed by atoms with Gasteiger partial charge in [0.25, 0.3) is 5.91 Å². The Morgan fingerprint density at radius 1 is 1.27 bits per heavy atom. The Bertz CT molecular complexity index is 1050. The van der Waals surface area contributed by atoms with E-state index in [1.807, 2.05) is 13.0 Å². The molecule has 1 amide bonds. The van der Waals surface area contributed by atoms with Crippen molar-refractivity contribution in [1.82, 2.24) is 15.2 Å². The summed E-state index contributed by atoms with van der Waals surface area (Å²) in [6.07, 6.45) is 0. The maximum Gasteiger partial charge on any atom is 0.253 e. The number of rotatable bonds is 6. The molecule has 0 spiro atoms. The summed E-state index contributed by atoms with van der Waals surface area (Å²) in [5.74, 6) is 0.130. The number of carbonyl (C=O) groups excluding carboxylic acids is 1. The highest BCUT2D eigenvalue weighted by Gasteiger charge is 2.25. The van der Waals surface area contributed by atoms with E-state index in [0.29, 0.717) is 58.3 Å². The number of ether oxygens (including phenoxy) is 2. The lowest BCUT2D eigenvalue weighted by molar-refractivity contribution is 0.0998. The number of nitrogens with two attached hydrogens (primary N) is 1. The highest BCUT2D eigenvalue weighted by atomic mass is 35.5. The molecule has 0 unspecified atom stereocenters. The lowest BCUT2D eigenvalue weighted by atomic mass is 10.1. The van der Waals surface area contributed by atoms with Gasteiger partial charge in [0.1, 0.15) is 18.1 Å². The molecule has 3 aromatic rings. The third-order valence-corrected chi connectivity index (χ3v) is 5.73. The van der Waals surface area contributed by atoms with Gasteiger partial charge in [-0.3, -0.25) is 4.79 Å². The number of halogens is 1. The number of pyridine rings is 1. The monoisotopic (exact) mass is 445 g/mol. The highest BCUT2D eigenvalue weighted by molar-refractivity contribution is 7.14. The molecule has 4 rings (SSSR count). The Balaban J connectivity index is 1.62. The molecule has 3 heterocycles. The van der Waals surface area contributed by atoms with Crippen molar-refractivity contribution >= 4 is 34.5 Å². The number of primary amides is 1. The van der Waals surface area contributed by atoms with Crippen molar-refractivity contribution < 1.29 is 14.3 Å². The van der Waals surface area contributed by atoms with Crippen LogP contribution in [0.3, 0.4) is 0 Å². The van der Waals surface area contributed by atoms with E-state index >= 15 is 0 Å². The van der Waals surface area contributed by atoms with Crippen molar-refractivity contribution in [3.63, 3.8) is 0 Å². The molecule has 156 valence electrons. The summed E-state index contributed by atoms with van der Waals surface area (Å²) in [7, 11) is 0. The van der Waals surface area contributed by atoms with Gasteiger partial charge in [-0.05, 0) is 37.3 Å². The molecule has 1 aliphatic heterocycles. The standard InChI is InChI=1S/C20H20ClN5O3S/c1-12-10-15(26-6-8-28-9-7-26)17(19(22)27)18(23-12)20-25-24-16(30-20)11-29-14-4-2-13(21)3-5-14/h2-5,10H,6-9,11H2,1H3,(H2,22,27). The normalized spacial score (nSPS) is 14.0. The number of amides is 1. The average molecular weight is 446 g/mol. The van der Waals surface area contributed by atoms with Gasteiger partial charge in [0.05, 0.1) is 24.5 Å². The maximum absolute atomic E-state index is 12.4. The van der Waals surface area contributed by atoms with Gasteiger partial charge in [-0.15, -0.1) is 10.2 Å². The van der Waals surface area contributed by atoms with Crippen LogP contribution in [0.1, 0.15) is 21.1 Å². The van der Waals surface area contributed by atoms with Gasteiger partial charge in [0.15, 0.2) is 10.0 Å². The number of anilines is 1. The number of hydrogen-bond donors (Lipinski definition) is 1. The zero-order valence-electron chi connectivity index (χ0n) is 16.3. The number of benzene rings is 1. The topological polar surface area (TPSA) is 103 Å². The Morgan fingerprint density at radius 3 is 2.70 bits per heavy atom. The third kappa shape index (κ3) is 4.53. The smallest absolute Gasteiger partial charge is 0.253 e. The number of aryl methyl sites for hydroxylation is 1. The Kier molecular flexibility index (Phi) is 6.12. The van der Waals surface area contributed by atoms with Crippen LogP contribution in [0.25, 0.3) is 10.7 Å². The van der Waals surface area contributed by atoms with Crippen molar-refractivity contribution in [2.24, 2.45) is 5.73 Å². The van der Waals surface area contributed by atoms with Crippen LogP contribution in [0.4, 0.5) is 5.69 Å². The van der Waals surface area contributed by atoms with Gasteiger partial charge >= 0.3 is 0 Å². The van der Waals surface area contributed by atoms with E-state index in [1.54, 1.807) is 24.3 Å². The quantitative estimate of drug-likeness (QED) is 0.621. The number of aromatic nitrogens is 3. The summed E-state index contributed by atoms with van der Waals surface area (Å²) in [6.45, 7) is 4.68. The van der Waals surface area contributed by atoms with Crippen LogP contribution in [0.15, 0.2) is 30.3 Å². The fourth-order valence-electron chi connectivity index (χ4n) is 3.19. The van der Waals surface area contributed by atoms with E-state index in [0.717, 1.165) is 11.4 Å². The van der Waals surface area contributed by atoms with Gasteiger partial charge in [-0.25, -0.2) is 4.98 Å². The molecule has 0 aliphatic carbocycles. The lowest BCUT2D eigenvalue weighted by Gasteiger charge is -2.30. The fraction of sp³-hybridized carbons (Fsp3) is 0.300. The summed E-state index contributed by atoms with van der Waals surface area (Å²) < 4.78 is 11.2. The summed E-state index contributed by atoms with van der Waals surface area (Å²) in [4.78, 5) is 19.0. The van der Waals surface area contributed by atoms with Gasteiger partial charge in [-0.2, -0.15) is 0 Å². The molecule has 2 N–H and O–H groups in total. The number of hydrogen-bond acceptors (Lipinski definition) is 8. The van der Waals surface area contributed by atoms with Gasteiger partial charge in [0.2, 0.25) is 0 Å². The van der Waals surface area contributed by atoms with Crippen molar-refractivity contribution in [3.8, 4) is 16.5 Å². The van der Waals surface area contributed by atoms with E-state index in [2.05, 4.69) is 20.1 Å². The number of morpholine rings is 1. The third-order valence-electron chi connectivity index (χ3n) is 4.57. The minimum Gasteiger partial charge on any atom is -0.486 e. The molecule has 10 heteroatoms. The molecule has 1 aliphatic rings. The molecule has 0 atom stereocenters. The molecule has 1 saturated heterocycles. The van der Waals surface area contributed by atoms with E-state index in [-0.39, 0.29) is 6.61 Å². The first kappa shape index (κ1) is 20.5. The average Bonchev–Trinajstić information content (AvgIpc) is 3.22. The lowest BCUT2D eigenvalue weighted by Crippen LogP contribution is -2.37. The Hall–Kier alpha value is -2.75. The summed E-state index contributed by atoms with van der Waals surface area (Å²) in [5, 5.41) is 10.2. The molecule has 0 saturated carbocycles. The van der Waals surface area contributed by atoms with Crippen LogP contribution in [0.2, 0.25) is 5.02 Å². The van der Waals surface area contributed by atoms with Gasteiger partial charge in [0, 0.05) is 23.8 Å². The maximum atomic E-state index is 12.4. The fourth-order valence-corrected chi connectivity index (χ4v) is 4.07. The van der Waals surface area contributed by atoms with Crippen molar-refractivity contribution in [1.29, 1.82) is 0 Å². The second-order valence-corrected chi connectivity index (χ2v) is 8.21. The molecular weight excluding hydrogens is 426 g/mol. The first-order valence-corrected chi connectivity index (χ1v) is 10.6. The minimum atomic E-state index is -0.548. The zero-order chi connectivity index (χ0) is 21.1. The number of carbonyl (C=O) groups is 1. The summed E-state index contributed by atoms with van der Waals surface area (Å²) in [6, 6.07) is 8.95. The van der Waals surface area contributed by atoms with E-state index in [1.165, 1.54) is 11.3 Å². The molecule has 1 fully saturated rings. The largest absolute Gasteiger partial charge is 0.486 e. The van der Waals surface area contributed by atoms with Crippen molar-refractivity contribution in [3.05, 3.63) is 51.6 Å². The van der Waals surface area contributed by atoms with E-state index < -0.39 is 5.91 Å². The molecule has 0 bridgehead atoms. The van der Waals surface area contributed by atoms with Crippen LogP contribution in [0, 0.1) is 6.92 Å². The second kappa shape index (κ2) is 8.95. The molecule has 1 aromatic carbocycles. The first-order chi connectivity index (χ1) is 14.5. The second-order valence-electron chi connectivity index (χ2n) is 6.71. The van der Waals surface area contributed by atoms with Crippen LogP contribution < -0.4 is 15.4 Å². The van der Waals surface area contributed by atoms with Crippen LogP contribution >= 0.6 is 22.9 Å². The van der Waals surface area contributed by atoms with Crippen LogP contribution in [-0.4, -0.2) is 47.4 Å². The van der Waals surface area contributed by atoms with Crippen molar-refractivity contribution in [2.45, 2.75) is 13.5 Å². The number of nitrogens with zero attached hydrogens (tertiary/aromatic N) is 4. The van der Waals surface area contributed by atoms with Gasteiger partial charge in [-0.1, -0.05) is 22.9 Å². The van der Waals surface area contributed by atoms with Gasteiger partial charge < -0.3 is 20.1 Å². The minimum absolute atomic E-state index is 0.243. The summed E-state index contributed by atoms with van der Waals surface area (Å²) >= 11 is 7.21. The molecule has 8 nitrogen and oxygen atoms in total. The Labute approximate surface area is 182 Å². The van der Waals surface area contributed by atoms with Crippen LogP contribution in [-0.2, 0) is 11.3 Å². The van der Waals surface area contributed by atoms with Crippen molar-refractivity contribution in [2.75, 3.05) is 31.2 Å². The summed E-state index contributed by atoms with van der Waals surface area (Å²) in [5.41, 5.74) is 8.06. The molecule has 2 aromatic heterocycles. The molecular formula is C20H20ClN5O3S. The predicted molar refractivity (Wildman–Crippen MR) is 115 cm³/mol. The first-order valence-electron chi connectivity index (χ1n) is 9.36. The SMILES string of the molecule is Cc1cc(N2CCOCC2)c(C(N)=O)c(-c2nnc(COc3ccc(Cl)cc3)s2)n1. The Morgan fingerprint density at radius 2 is 2.00 bits per heavy atom. The van der Waals surface area contributed by atoms with E-state index in [9.17, 15) is 4.79 Å². The zero-order valence-corrected chi connectivity index (χ0v) is 17.9.